The van der Waals surface area contributed by atoms with E-state index in [2.05, 4.69) is 5.32 Å². The minimum Gasteiger partial charge on any atom is -0.460 e. The van der Waals surface area contributed by atoms with Gasteiger partial charge >= 0.3 is 5.97 Å². The third kappa shape index (κ3) is 5.59. The monoisotopic (exact) mass is 533 g/mol. The van der Waals surface area contributed by atoms with E-state index in [4.69, 9.17) is 44.3 Å². The lowest BCUT2D eigenvalue weighted by Gasteiger charge is -2.37. The third-order valence-corrected chi connectivity index (χ3v) is 7.14. The van der Waals surface area contributed by atoms with Crippen molar-refractivity contribution in [2.45, 2.75) is 38.5 Å². The summed E-state index contributed by atoms with van der Waals surface area (Å²) in [4.78, 5) is 26.9. The molecular formula is C27H26Cl3NO4. The molecule has 0 spiro atoms. The van der Waals surface area contributed by atoms with Gasteiger partial charge < -0.3 is 14.8 Å². The number of Topliss-reactive ketones (excluding diaryl/α,β-unsaturated/α-hetero) is 1. The molecule has 1 aliphatic heterocycles. The number of ketones is 1. The number of halogens is 3. The van der Waals surface area contributed by atoms with Crippen molar-refractivity contribution in [1.82, 2.24) is 5.32 Å². The lowest BCUT2D eigenvalue weighted by atomic mass is 9.71. The van der Waals surface area contributed by atoms with Crippen LogP contribution in [0.15, 0.2) is 65.0 Å². The Balaban J connectivity index is 1.74. The number of hydrogen-bond acceptors (Lipinski definition) is 5. The molecule has 5 nitrogen and oxygen atoms in total. The fourth-order valence-electron chi connectivity index (χ4n) is 4.74. The van der Waals surface area contributed by atoms with Crippen LogP contribution in [0.4, 0.5) is 0 Å². The molecule has 1 N–H and O–H groups in total. The lowest BCUT2D eigenvalue weighted by Crippen LogP contribution is -2.36. The summed E-state index contributed by atoms with van der Waals surface area (Å²) in [5, 5.41) is 4.84. The van der Waals surface area contributed by atoms with Crippen molar-refractivity contribution in [1.29, 1.82) is 0 Å². The van der Waals surface area contributed by atoms with E-state index in [-0.39, 0.29) is 18.3 Å². The second-order valence-corrected chi connectivity index (χ2v) is 9.85. The summed E-state index contributed by atoms with van der Waals surface area (Å²) in [6, 6.07) is 12.7. The van der Waals surface area contributed by atoms with Crippen molar-refractivity contribution in [3.8, 4) is 0 Å². The quantitative estimate of drug-likeness (QED) is 0.321. The summed E-state index contributed by atoms with van der Waals surface area (Å²) in [5.74, 6) is -1.21. The maximum atomic E-state index is 13.6. The van der Waals surface area contributed by atoms with Gasteiger partial charge in [-0.05, 0) is 61.6 Å². The molecular weight excluding hydrogens is 509 g/mol. The van der Waals surface area contributed by atoms with Crippen LogP contribution >= 0.6 is 34.8 Å². The Morgan fingerprint density at radius 2 is 1.74 bits per heavy atom. The van der Waals surface area contributed by atoms with Crippen molar-refractivity contribution in [2.75, 3.05) is 19.8 Å². The van der Waals surface area contributed by atoms with Gasteiger partial charge in [-0.1, -0.05) is 53.0 Å². The van der Waals surface area contributed by atoms with E-state index >= 15 is 0 Å². The number of carbonyl (C=O) groups is 2. The Morgan fingerprint density at radius 3 is 2.43 bits per heavy atom. The van der Waals surface area contributed by atoms with Crippen LogP contribution in [0.3, 0.4) is 0 Å². The molecule has 2 atom stereocenters. The van der Waals surface area contributed by atoms with E-state index in [1.165, 1.54) is 0 Å². The number of esters is 1. The van der Waals surface area contributed by atoms with Crippen LogP contribution in [0.2, 0.25) is 15.1 Å². The lowest BCUT2D eigenvalue weighted by molar-refractivity contribution is -0.140. The minimum absolute atomic E-state index is 0.000138. The van der Waals surface area contributed by atoms with Crippen LogP contribution in [-0.2, 0) is 19.1 Å². The molecule has 0 saturated heterocycles. The second-order valence-electron chi connectivity index (χ2n) is 8.57. The van der Waals surface area contributed by atoms with Crippen LogP contribution in [0.25, 0.3) is 0 Å². The molecule has 0 amide bonds. The number of allylic oxidation sites excluding steroid dienone is 3. The summed E-state index contributed by atoms with van der Waals surface area (Å²) < 4.78 is 10.8. The molecule has 184 valence electrons. The molecule has 2 aliphatic rings. The van der Waals surface area contributed by atoms with E-state index in [0.717, 1.165) is 11.3 Å². The minimum atomic E-state index is -0.658. The van der Waals surface area contributed by atoms with Gasteiger partial charge in [0, 0.05) is 51.0 Å². The molecule has 1 heterocycles. The van der Waals surface area contributed by atoms with E-state index in [1.807, 2.05) is 38.1 Å². The van der Waals surface area contributed by atoms with Gasteiger partial charge in [0.05, 0.1) is 12.2 Å². The number of dihydropyridines is 1. The highest BCUT2D eigenvalue weighted by Gasteiger charge is 2.42. The van der Waals surface area contributed by atoms with E-state index < -0.39 is 11.9 Å². The zero-order valence-electron chi connectivity index (χ0n) is 19.5. The van der Waals surface area contributed by atoms with Gasteiger partial charge in [0.2, 0.25) is 0 Å². The Bertz CT molecular complexity index is 1200. The van der Waals surface area contributed by atoms with E-state index in [0.29, 0.717) is 63.5 Å². The van der Waals surface area contributed by atoms with Crippen LogP contribution < -0.4 is 5.32 Å². The van der Waals surface area contributed by atoms with Crippen molar-refractivity contribution in [3.63, 3.8) is 0 Å². The highest BCUT2D eigenvalue weighted by molar-refractivity contribution is 6.35. The standard InChI is InChI=1S/C27H26Cl3NO4/c1-3-34-10-11-35-27(33)24-15(2)31-22-12-17(16-4-6-18(28)7-5-16)13-23(32)26(22)25(24)20-9-8-19(29)14-21(20)30/h4-9,14,17,25,31H,3,10-13H2,1-2H3/t17-,25+/m1/s1. The fourth-order valence-corrected chi connectivity index (χ4v) is 5.39. The van der Waals surface area contributed by atoms with Crippen LogP contribution in [0.1, 0.15) is 49.7 Å². The SMILES string of the molecule is CCOCCOC(=O)C1=C(C)NC2=C(C(=O)C[C@H](c3ccc(Cl)cc3)C2)[C@H]1c1ccc(Cl)cc1Cl. The van der Waals surface area contributed by atoms with E-state index in [9.17, 15) is 9.59 Å². The maximum Gasteiger partial charge on any atom is 0.336 e. The van der Waals surface area contributed by atoms with Gasteiger partial charge in [0.25, 0.3) is 0 Å². The van der Waals surface area contributed by atoms with Crippen LogP contribution in [0.5, 0.6) is 0 Å². The summed E-state index contributed by atoms with van der Waals surface area (Å²) in [5.41, 5.74) is 4.01. The average Bonchev–Trinajstić information content (AvgIpc) is 2.81. The first-order valence-corrected chi connectivity index (χ1v) is 12.6. The second kappa shape index (κ2) is 11.2. The van der Waals surface area contributed by atoms with Gasteiger partial charge in [0.1, 0.15) is 6.61 Å². The first kappa shape index (κ1) is 25.8. The van der Waals surface area contributed by atoms with Crippen LogP contribution in [0, 0.1) is 0 Å². The first-order valence-electron chi connectivity index (χ1n) is 11.5. The number of ether oxygens (including phenoxy) is 2. The number of hydrogen-bond donors (Lipinski definition) is 1. The summed E-state index contributed by atoms with van der Waals surface area (Å²) >= 11 is 18.8. The molecule has 8 heteroatoms. The van der Waals surface area contributed by atoms with Gasteiger partial charge in [-0.2, -0.15) is 0 Å². The molecule has 2 aromatic carbocycles. The maximum absolute atomic E-state index is 13.6. The summed E-state index contributed by atoms with van der Waals surface area (Å²) in [6.45, 7) is 4.63. The topological polar surface area (TPSA) is 64.6 Å². The molecule has 0 unspecified atom stereocenters. The Kier molecular flexibility index (Phi) is 8.23. The normalized spacial score (nSPS) is 20.0. The number of rotatable bonds is 7. The predicted octanol–water partition coefficient (Wildman–Crippen LogP) is 6.59. The highest BCUT2D eigenvalue weighted by Crippen LogP contribution is 2.47. The van der Waals surface area contributed by atoms with Crippen LogP contribution in [-0.4, -0.2) is 31.6 Å². The smallest absolute Gasteiger partial charge is 0.336 e. The van der Waals surface area contributed by atoms with Crippen molar-refractivity contribution in [3.05, 3.63) is 91.2 Å². The predicted molar refractivity (Wildman–Crippen MR) is 138 cm³/mol. The van der Waals surface area contributed by atoms with Gasteiger partial charge in [0.15, 0.2) is 5.78 Å². The highest BCUT2D eigenvalue weighted by atomic mass is 35.5. The van der Waals surface area contributed by atoms with Crippen molar-refractivity contribution in [2.24, 2.45) is 0 Å². The molecule has 0 aromatic heterocycles. The largest absolute Gasteiger partial charge is 0.460 e. The Morgan fingerprint density at radius 1 is 1.03 bits per heavy atom. The van der Waals surface area contributed by atoms with Crippen molar-refractivity contribution >= 4 is 46.6 Å². The van der Waals surface area contributed by atoms with Gasteiger partial charge in [-0.15, -0.1) is 0 Å². The zero-order valence-corrected chi connectivity index (χ0v) is 21.8. The average molecular weight is 535 g/mol. The third-order valence-electron chi connectivity index (χ3n) is 6.33. The van der Waals surface area contributed by atoms with Gasteiger partial charge in [-0.3, -0.25) is 4.79 Å². The molecule has 0 fully saturated rings. The van der Waals surface area contributed by atoms with Crippen molar-refractivity contribution < 1.29 is 19.1 Å². The first-order chi connectivity index (χ1) is 16.8. The fraction of sp³-hybridized carbons (Fsp3) is 0.333. The summed E-state index contributed by atoms with van der Waals surface area (Å²) in [7, 11) is 0. The molecule has 0 radical (unpaired) electrons. The Labute approximate surface area is 220 Å². The summed E-state index contributed by atoms with van der Waals surface area (Å²) in [6.07, 6.45) is 0.935. The molecule has 1 aliphatic carbocycles. The molecule has 4 rings (SSSR count). The molecule has 0 bridgehead atoms. The molecule has 35 heavy (non-hydrogen) atoms. The molecule has 0 saturated carbocycles. The van der Waals surface area contributed by atoms with E-state index in [1.54, 1.807) is 18.2 Å². The molecule has 2 aromatic rings. The number of carbonyl (C=O) groups excluding carboxylic acids is 2. The van der Waals surface area contributed by atoms with Gasteiger partial charge in [-0.25, -0.2) is 4.79 Å². The zero-order chi connectivity index (χ0) is 25.1. The Hall–Kier alpha value is -2.31. The number of benzene rings is 2. The number of nitrogens with one attached hydrogen (secondary N) is 1.